The molecule has 0 unspecified atom stereocenters. The maximum Gasteiger partial charge on any atom is 0.262 e. The fourth-order valence-corrected chi connectivity index (χ4v) is 3.65. The fraction of sp³-hybridized carbons (Fsp3) is 0.350. The molecule has 0 fully saturated rings. The van der Waals surface area contributed by atoms with Crippen LogP contribution in [-0.4, -0.2) is 20.7 Å². The highest BCUT2D eigenvalue weighted by Gasteiger charge is 2.19. The lowest BCUT2D eigenvalue weighted by Gasteiger charge is -2.16. The van der Waals surface area contributed by atoms with Crippen LogP contribution in [0, 0.1) is 0 Å². The summed E-state index contributed by atoms with van der Waals surface area (Å²) in [5.41, 5.74) is 0.598. The number of carbonyl (C=O) groups excluding carboxylic acids is 1. The normalized spacial score (nSPS) is 12.2. The number of carbonyl (C=O) groups is 1. The molecule has 3 rings (SSSR count). The van der Waals surface area contributed by atoms with E-state index in [1.165, 1.54) is 11.8 Å². The maximum absolute atomic E-state index is 12.9. The fourth-order valence-electron chi connectivity index (χ4n) is 2.69. The van der Waals surface area contributed by atoms with Gasteiger partial charge in [0, 0.05) is 6.54 Å². The Morgan fingerprint density at radius 2 is 2.11 bits per heavy atom. The SMILES string of the molecule is CCCCn1c(S[C@@H](C)C(=O)NCc2ccco2)nc2ccccc2c1=O. The number of thioether (sulfide) groups is 1. The lowest BCUT2D eigenvalue weighted by atomic mass is 10.2. The van der Waals surface area contributed by atoms with E-state index in [2.05, 4.69) is 17.2 Å². The molecule has 1 N–H and O–H groups in total. The van der Waals surface area contributed by atoms with Crippen LogP contribution in [0.25, 0.3) is 10.9 Å². The van der Waals surface area contributed by atoms with Gasteiger partial charge in [-0.2, -0.15) is 0 Å². The number of benzene rings is 1. The molecule has 0 saturated heterocycles. The lowest BCUT2D eigenvalue weighted by Crippen LogP contribution is -2.31. The Morgan fingerprint density at radius 3 is 2.85 bits per heavy atom. The predicted octanol–water partition coefficient (Wildman–Crippen LogP) is 3.59. The molecule has 0 saturated carbocycles. The van der Waals surface area contributed by atoms with E-state index in [0.29, 0.717) is 34.9 Å². The molecule has 1 atom stereocenters. The first kappa shape index (κ1) is 19.2. The number of unbranched alkanes of at least 4 members (excludes halogenated alkanes) is 1. The third kappa shape index (κ3) is 4.60. The third-order valence-corrected chi connectivity index (χ3v) is 5.32. The van der Waals surface area contributed by atoms with E-state index in [0.717, 1.165) is 12.8 Å². The van der Waals surface area contributed by atoms with Crippen LogP contribution >= 0.6 is 11.8 Å². The van der Waals surface area contributed by atoms with Gasteiger partial charge in [-0.15, -0.1) is 0 Å². The first-order chi connectivity index (χ1) is 13.1. The van der Waals surface area contributed by atoms with Gasteiger partial charge in [0.1, 0.15) is 5.76 Å². The molecule has 0 aliphatic carbocycles. The minimum Gasteiger partial charge on any atom is -0.467 e. The number of furan rings is 1. The molecule has 1 aromatic carbocycles. The van der Waals surface area contributed by atoms with Crippen LogP contribution in [0.4, 0.5) is 0 Å². The number of rotatable bonds is 8. The molecular weight excluding hydrogens is 362 g/mol. The van der Waals surface area contributed by atoms with E-state index in [4.69, 9.17) is 4.42 Å². The van der Waals surface area contributed by atoms with Crippen molar-refractivity contribution in [3.63, 3.8) is 0 Å². The Balaban J connectivity index is 1.81. The first-order valence-corrected chi connectivity index (χ1v) is 9.94. The highest BCUT2D eigenvalue weighted by Crippen LogP contribution is 2.23. The number of nitrogens with one attached hydrogen (secondary N) is 1. The summed E-state index contributed by atoms with van der Waals surface area (Å²) in [6, 6.07) is 10.9. The minimum atomic E-state index is -0.388. The van der Waals surface area contributed by atoms with Crippen LogP contribution in [0.2, 0.25) is 0 Å². The van der Waals surface area contributed by atoms with Gasteiger partial charge in [0.2, 0.25) is 5.91 Å². The molecule has 0 spiro atoms. The summed E-state index contributed by atoms with van der Waals surface area (Å²) in [6.45, 7) is 4.82. The second-order valence-corrected chi connectivity index (χ2v) is 7.59. The summed E-state index contributed by atoms with van der Waals surface area (Å²) in [4.78, 5) is 30.0. The Hall–Kier alpha value is -2.54. The summed E-state index contributed by atoms with van der Waals surface area (Å²) in [5, 5.41) is 3.64. The number of amides is 1. The van der Waals surface area contributed by atoms with Crippen molar-refractivity contribution in [2.75, 3.05) is 0 Å². The second kappa shape index (κ2) is 8.90. The van der Waals surface area contributed by atoms with Crippen LogP contribution in [0.1, 0.15) is 32.4 Å². The molecule has 0 aliphatic rings. The van der Waals surface area contributed by atoms with Crippen molar-refractivity contribution in [1.29, 1.82) is 0 Å². The van der Waals surface area contributed by atoms with Gasteiger partial charge >= 0.3 is 0 Å². The standard InChI is InChI=1S/C20H23N3O3S/c1-3-4-11-23-19(25)16-9-5-6-10-17(16)22-20(23)27-14(2)18(24)21-13-15-8-7-12-26-15/h5-10,12,14H,3-4,11,13H2,1-2H3,(H,21,24)/t14-/m0/s1. The predicted molar refractivity (Wildman–Crippen MR) is 107 cm³/mol. The minimum absolute atomic E-state index is 0.0558. The monoisotopic (exact) mass is 385 g/mol. The number of nitrogens with zero attached hydrogens (tertiary/aromatic N) is 2. The molecule has 0 aliphatic heterocycles. The van der Waals surface area contributed by atoms with E-state index in [-0.39, 0.29) is 16.7 Å². The number of hydrogen-bond acceptors (Lipinski definition) is 5. The van der Waals surface area contributed by atoms with E-state index in [1.54, 1.807) is 23.0 Å². The van der Waals surface area contributed by atoms with Crippen molar-refractivity contribution < 1.29 is 9.21 Å². The molecule has 2 aromatic heterocycles. The van der Waals surface area contributed by atoms with Gasteiger partial charge in [-0.25, -0.2) is 4.98 Å². The molecule has 2 heterocycles. The molecule has 0 radical (unpaired) electrons. The van der Waals surface area contributed by atoms with Gasteiger partial charge in [-0.1, -0.05) is 37.2 Å². The largest absolute Gasteiger partial charge is 0.467 e. The molecular formula is C20H23N3O3S. The van der Waals surface area contributed by atoms with Gasteiger partial charge in [0.25, 0.3) is 5.56 Å². The van der Waals surface area contributed by atoms with Crippen LogP contribution in [0.5, 0.6) is 0 Å². The molecule has 6 nitrogen and oxygen atoms in total. The molecule has 0 bridgehead atoms. The zero-order valence-electron chi connectivity index (χ0n) is 15.5. The summed E-state index contributed by atoms with van der Waals surface area (Å²) >= 11 is 1.30. The third-order valence-electron chi connectivity index (χ3n) is 4.23. The summed E-state index contributed by atoms with van der Waals surface area (Å²) in [5.74, 6) is 0.574. The van der Waals surface area contributed by atoms with E-state index in [1.807, 2.05) is 31.2 Å². The molecule has 1 amide bonds. The highest BCUT2D eigenvalue weighted by molar-refractivity contribution is 8.00. The van der Waals surface area contributed by atoms with Gasteiger partial charge in [0.05, 0.1) is 29.0 Å². The highest BCUT2D eigenvalue weighted by atomic mass is 32.2. The van der Waals surface area contributed by atoms with E-state index >= 15 is 0 Å². The number of para-hydroxylation sites is 1. The van der Waals surface area contributed by atoms with Crippen LogP contribution in [0.15, 0.2) is 57.0 Å². The quantitative estimate of drug-likeness (QED) is 0.474. The Kier molecular flexibility index (Phi) is 6.34. The van der Waals surface area contributed by atoms with Crippen LogP contribution in [0.3, 0.4) is 0 Å². The maximum atomic E-state index is 12.9. The van der Waals surface area contributed by atoms with E-state index in [9.17, 15) is 9.59 Å². The summed E-state index contributed by atoms with van der Waals surface area (Å²) in [6.07, 6.45) is 3.43. The molecule has 7 heteroatoms. The smallest absolute Gasteiger partial charge is 0.262 e. The zero-order chi connectivity index (χ0) is 19.2. The van der Waals surface area contributed by atoms with Crippen LogP contribution in [-0.2, 0) is 17.9 Å². The lowest BCUT2D eigenvalue weighted by molar-refractivity contribution is -0.120. The Morgan fingerprint density at radius 1 is 1.30 bits per heavy atom. The van der Waals surface area contributed by atoms with Gasteiger partial charge in [-0.3, -0.25) is 14.2 Å². The molecule has 27 heavy (non-hydrogen) atoms. The van der Waals surface area contributed by atoms with Crippen molar-refractivity contribution in [2.45, 2.75) is 50.2 Å². The average molecular weight is 385 g/mol. The zero-order valence-corrected chi connectivity index (χ0v) is 16.3. The first-order valence-electron chi connectivity index (χ1n) is 9.06. The van der Waals surface area contributed by atoms with Gasteiger partial charge in [-0.05, 0) is 37.6 Å². The van der Waals surface area contributed by atoms with Crippen LogP contribution < -0.4 is 10.9 Å². The molecule has 142 valence electrons. The van der Waals surface area contributed by atoms with Crippen molar-refractivity contribution in [3.8, 4) is 0 Å². The number of aromatic nitrogens is 2. The second-order valence-electron chi connectivity index (χ2n) is 6.28. The topological polar surface area (TPSA) is 77.1 Å². The summed E-state index contributed by atoms with van der Waals surface area (Å²) < 4.78 is 6.92. The number of hydrogen-bond donors (Lipinski definition) is 1. The number of fused-ring (bicyclic) bond motifs is 1. The summed E-state index contributed by atoms with van der Waals surface area (Å²) in [7, 11) is 0. The molecule has 3 aromatic rings. The van der Waals surface area contributed by atoms with Crippen molar-refractivity contribution in [1.82, 2.24) is 14.9 Å². The Labute approximate surface area is 162 Å². The van der Waals surface area contributed by atoms with Crippen molar-refractivity contribution in [3.05, 3.63) is 58.8 Å². The van der Waals surface area contributed by atoms with Gasteiger partial charge < -0.3 is 9.73 Å². The average Bonchev–Trinajstić information content (AvgIpc) is 3.19. The van der Waals surface area contributed by atoms with Crippen molar-refractivity contribution in [2.24, 2.45) is 0 Å². The van der Waals surface area contributed by atoms with Crippen molar-refractivity contribution >= 4 is 28.6 Å². The van der Waals surface area contributed by atoms with E-state index < -0.39 is 0 Å². The Bertz CT molecular complexity index is 966. The van der Waals surface area contributed by atoms with Gasteiger partial charge in [0.15, 0.2) is 5.16 Å².